The monoisotopic (exact) mass is 767 g/mol. The third-order valence-corrected chi connectivity index (χ3v) is 16.7. The van der Waals surface area contributed by atoms with E-state index in [1.54, 1.807) is 0 Å². The quantitative estimate of drug-likeness (QED) is 0.152. The maximum atomic E-state index is 5.07. The average molecular weight is 768 g/mol. The maximum absolute atomic E-state index is 5.07. The molecule has 1 aliphatic rings. The largest absolute Gasteiger partial charge is 0.208 e. The summed E-state index contributed by atoms with van der Waals surface area (Å²) in [6.07, 6.45) is 0. The van der Waals surface area contributed by atoms with Crippen LogP contribution in [0.25, 0.3) is 78.3 Å². The van der Waals surface area contributed by atoms with E-state index in [1.807, 2.05) is 36.4 Å². The van der Waals surface area contributed by atoms with Gasteiger partial charge in [0.25, 0.3) is 0 Å². The third kappa shape index (κ3) is 5.92. The van der Waals surface area contributed by atoms with Crippen molar-refractivity contribution >= 4 is 39.6 Å². The molecule has 3 nitrogen and oxygen atoms in total. The lowest BCUT2D eigenvalue weighted by Crippen LogP contribution is -2.73. The van der Waals surface area contributed by atoms with Gasteiger partial charge in [0.1, 0.15) is 0 Å². The summed E-state index contributed by atoms with van der Waals surface area (Å²) in [4.78, 5) is 15.1. The average Bonchev–Trinajstić information content (AvgIpc) is 3.62. The van der Waals surface area contributed by atoms with Gasteiger partial charge in [0, 0.05) is 16.7 Å². The summed E-state index contributed by atoms with van der Waals surface area (Å²) in [5, 5.41) is 8.28. The molecule has 0 fully saturated rings. The van der Waals surface area contributed by atoms with Crippen molar-refractivity contribution < 1.29 is 0 Å². The van der Waals surface area contributed by atoms with Crippen LogP contribution in [0.4, 0.5) is 0 Å². The van der Waals surface area contributed by atoms with Crippen molar-refractivity contribution in [1.29, 1.82) is 0 Å². The van der Waals surface area contributed by atoms with Crippen LogP contribution in [0.1, 0.15) is 0 Å². The molecule has 276 valence electrons. The predicted molar refractivity (Wildman–Crippen MR) is 247 cm³/mol. The van der Waals surface area contributed by atoms with Crippen LogP contribution in [0.3, 0.4) is 0 Å². The normalized spacial score (nSPS) is 14.2. The molecule has 1 aromatic heterocycles. The summed E-state index contributed by atoms with van der Waals surface area (Å²) in [7, 11) is -2.75. The van der Waals surface area contributed by atoms with Crippen molar-refractivity contribution in [2.24, 2.45) is 0 Å². The van der Waals surface area contributed by atoms with Crippen molar-refractivity contribution in [3.63, 3.8) is 0 Å². The second-order valence-corrected chi connectivity index (χ2v) is 18.8. The van der Waals surface area contributed by atoms with E-state index in [-0.39, 0.29) is 0 Å². The topological polar surface area (TPSA) is 38.7 Å². The van der Waals surface area contributed by atoms with Crippen LogP contribution in [-0.4, -0.2) is 23.0 Å². The van der Waals surface area contributed by atoms with Gasteiger partial charge in [-0.1, -0.05) is 224 Å². The van der Waals surface area contributed by atoms with Crippen LogP contribution in [-0.2, 0) is 0 Å². The van der Waals surface area contributed by atoms with Gasteiger partial charge in [-0.05, 0) is 64.9 Å². The molecule has 10 aromatic rings. The van der Waals surface area contributed by atoms with E-state index in [9.17, 15) is 0 Å². The van der Waals surface area contributed by atoms with E-state index in [2.05, 4.69) is 188 Å². The minimum Gasteiger partial charge on any atom is -0.208 e. The standard InChI is InChI=1S/C55H37N3Si/c1-4-15-38(16-5-1)39-27-31-43(32-28-39)54-56-53(42-18-6-2-7-19-42)57-55(58-54)44-33-29-40(30-34-44)45-35-36-49-48-24-12-13-25-51(48)59(52(49)37-45,46-21-8-3-9-22-46)50-26-14-20-41-17-10-11-23-47(41)50/h1-37H. The summed E-state index contributed by atoms with van der Waals surface area (Å²) in [5.41, 5.74) is 10.2. The molecular weight excluding hydrogens is 731 g/mol. The number of aromatic nitrogens is 3. The molecule has 0 aliphatic carbocycles. The first-order chi connectivity index (χ1) is 29.2. The third-order valence-electron chi connectivity index (χ3n) is 11.8. The van der Waals surface area contributed by atoms with Crippen LogP contribution in [0.5, 0.6) is 0 Å². The minimum atomic E-state index is -2.75. The molecule has 0 bridgehead atoms. The van der Waals surface area contributed by atoms with Crippen LogP contribution < -0.4 is 20.7 Å². The fourth-order valence-corrected chi connectivity index (χ4v) is 14.5. The number of rotatable bonds is 7. The number of nitrogens with zero attached hydrogens (tertiary/aromatic N) is 3. The van der Waals surface area contributed by atoms with Crippen LogP contribution in [0.2, 0.25) is 0 Å². The Morgan fingerprint density at radius 3 is 1.36 bits per heavy atom. The predicted octanol–water partition coefficient (Wildman–Crippen LogP) is 10.7. The molecule has 59 heavy (non-hydrogen) atoms. The van der Waals surface area contributed by atoms with E-state index in [4.69, 9.17) is 15.0 Å². The van der Waals surface area contributed by atoms with Crippen molar-refractivity contribution in [1.82, 2.24) is 15.0 Å². The molecule has 1 aliphatic heterocycles. The Bertz CT molecular complexity index is 3130. The Labute approximate surface area is 345 Å². The molecule has 1 unspecified atom stereocenters. The Morgan fingerprint density at radius 1 is 0.271 bits per heavy atom. The summed E-state index contributed by atoms with van der Waals surface area (Å²) in [5.74, 6) is 1.94. The van der Waals surface area contributed by atoms with Gasteiger partial charge in [-0.3, -0.25) is 0 Å². The number of benzene rings is 9. The van der Waals surface area contributed by atoms with Crippen molar-refractivity contribution in [3.05, 3.63) is 224 Å². The summed E-state index contributed by atoms with van der Waals surface area (Å²) in [6.45, 7) is 0. The van der Waals surface area contributed by atoms with Crippen LogP contribution in [0.15, 0.2) is 224 Å². The lowest BCUT2D eigenvalue weighted by atomic mass is 9.99. The van der Waals surface area contributed by atoms with Gasteiger partial charge >= 0.3 is 0 Å². The molecule has 4 heteroatoms. The highest BCUT2D eigenvalue weighted by atomic mass is 28.3. The van der Waals surface area contributed by atoms with Crippen molar-refractivity contribution in [3.8, 4) is 67.5 Å². The van der Waals surface area contributed by atoms with Crippen LogP contribution >= 0.6 is 0 Å². The summed E-state index contributed by atoms with van der Waals surface area (Å²) >= 11 is 0. The molecule has 0 amide bonds. The van der Waals surface area contributed by atoms with Gasteiger partial charge in [-0.15, -0.1) is 0 Å². The van der Waals surface area contributed by atoms with Gasteiger partial charge in [0.2, 0.25) is 0 Å². The van der Waals surface area contributed by atoms with E-state index in [0.717, 1.165) is 27.8 Å². The van der Waals surface area contributed by atoms with Gasteiger partial charge in [-0.25, -0.2) is 15.0 Å². The highest BCUT2D eigenvalue weighted by Gasteiger charge is 2.49. The van der Waals surface area contributed by atoms with E-state index in [0.29, 0.717) is 17.5 Å². The van der Waals surface area contributed by atoms with E-state index in [1.165, 1.54) is 53.8 Å². The molecule has 0 spiro atoms. The molecule has 9 aromatic carbocycles. The Hall–Kier alpha value is -7.53. The first kappa shape index (κ1) is 34.7. The number of hydrogen-bond acceptors (Lipinski definition) is 3. The Balaban J connectivity index is 1.03. The maximum Gasteiger partial charge on any atom is 0.181 e. The number of hydrogen-bond donors (Lipinski definition) is 0. The molecular formula is C55H37N3Si. The van der Waals surface area contributed by atoms with Gasteiger partial charge in [-0.2, -0.15) is 0 Å². The molecule has 2 heterocycles. The van der Waals surface area contributed by atoms with Crippen molar-refractivity contribution in [2.45, 2.75) is 0 Å². The minimum absolute atomic E-state index is 0.642. The Kier molecular flexibility index (Phi) is 8.49. The van der Waals surface area contributed by atoms with E-state index < -0.39 is 8.07 Å². The molecule has 0 saturated carbocycles. The summed E-state index contributed by atoms with van der Waals surface area (Å²) < 4.78 is 0. The van der Waals surface area contributed by atoms with Gasteiger partial charge in [0.05, 0.1) is 0 Å². The smallest absolute Gasteiger partial charge is 0.181 e. The van der Waals surface area contributed by atoms with Gasteiger partial charge in [0.15, 0.2) is 25.5 Å². The zero-order valence-electron chi connectivity index (χ0n) is 32.2. The fourth-order valence-electron chi connectivity index (χ4n) is 9.06. The van der Waals surface area contributed by atoms with Crippen molar-refractivity contribution in [2.75, 3.05) is 0 Å². The SMILES string of the molecule is c1ccc(-c2ccc(-c3nc(-c4ccccc4)nc(-c4ccc(-c5ccc6c(c5)[Si](c5ccccc5)(c5cccc7ccccc57)c5ccccc5-6)cc4)n3)cc2)cc1. The zero-order chi connectivity index (χ0) is 39.2. The van der Waals surface area contributed by atoms with Crippen LogP contribution in [0, 0.1) is 0 Å². The summed E-state index contributed by atoms with van der Waals surface area (Å²) in [6, 6.07) is 81.0. The second kappa shape index (κ2) is 14.4. The first-order valence-electron chi connectivity index (χ1n) is 20.1. The molecule has 1 atom stereocenters. The lowest BCUT2D eigenvalue weighted by molar-refractivity contribution is 1.07. The fraction of sp³-hybridized carbons (Fsp3) is 0. The lowest BCUT2D eigenvalue weighted by Gasteiger charge is -2.32. The second-order valence-electron chi connectivity index (χ2n) is 15.1. The zero-order valence-corrected chi connectivity index (χ0v) is 33.2. The van der Waals surface area contributed by atoms with Gasteiger partial charge < -0.3 is 0 Å². The molecule has 0 saturated heterocycles. The Morgan fingerprint density at radius 2 is 0.695 bits per heavy atom. The highest BCUT2D eigenvalue weighted by Crippen LogP contribution is 2.34. The first-order valence-corrected chi connectivity index (χ1v) is 22.1. The highest BCUT2D eigenvalue weighted by molar-refractivity contribution is 7.23. The molecule has 11 rings (SSSR count). The van der Waals surface area contributed by atoms with E-state index >= 15 is 0 Å². The number of fused-ring (bicyclic) bond motifs is 4. The molecule has 0 radical (unpaired) electrons. The molecule has 0 N–H and O–H groups in total.